The fourth-order valence-electron chi connectivity index (χ4n) is 1.91. The highest BCUT2D eigenvalue weighted by Gasteiger charge is 2.39. The third-order valence-electron chi connectivity index (χ3n) is 2.81. The van der Waals surface area contributed by atoms with Crippen molar-refractivity contribution in [2.45, 2.75) is 53.6 Å². The van der Waals surface area contributed by atoms with Gasteiger partial charge in [0.15, 0.2) is 0 Å². The fourth-order valence-corrected chi connectivity index (χ4v) is 5.74. The van der Waals surface area contributed by atoms with Crippen LogP contribution >= 0.6 is 0 Å². The van der Waals surface area contributed by atoms with Gasteiger partial charge in [-0.2, -0.15) is 0 Å². The van der Waals surface area contributed by atoms with Gasteiger partial charge < -0.3 is 33.3 Å². The molecule has 0 aromatic carbocycles. The molecule has 0 unspecified atom stereocenters. The summed E-state index contributed by atoms with van der Waals surface area (Å²) >= 11 is 0. The lowest BCUT2D eigenvalue weighted by molar-refractivity contribution is 0.0719. The highest BCUT2D eigenvalue weighted by Crippen LogP contribution is 2.14. The first kappa shape index (κ1) is 25.4. The van der Waals surface area contributed by atoms with E-state index in [2.05, 4.69) is 0 Å². The van der Waals surface area contributed by atoms with Crippen LogP contribution in [-0.2, 0) is 22.1 Å². The van der Waals surface area contributed by atoms with E-state index in [1.165, 1.54) is 0 Å². The van der Waals surface area contributed by atoms with E-state index in [-0.39, 0.29) is 0 Å². The van der Waals surface area contributed by atoms with E-state index in [0.29, 0.717) is 45.6 Å². The minimum absolute atomic E-state index is 0.548. The van der Waals surface area contributed by atoms with E-state index >= 15 is 0 Å². The lowest BCUT2D eigenvalue weighted by Gasteiger charge is -2.27. The van der Waals surface area contributed by atoms with Gasteiger partial charge in [-0.25, -0.2) is 0 Å². The van der Waals surface area contributed by atoms with E-state index in [1.807, 2.05) is 41.5 Å². The van der Waals surface area contributed by atoms with Gasteiger partial charge in [0.25, 0.3) is 0 Å². The zero-order valence-corrected chi connectivity index (χ0v) is 17.9. The normalized spacial score (nSPS) is 12.0. The second kappa shape index (κ2) is 15.7. The number of hydrogen-bond donors (Lipinski definition) is 2. The van der Waals surface area contributed by atoms with Crippen molar-refractivity contribution < 1.29 is 22.1 Å². The van der Waals surface area contributed by atoms with Crippen LogP contribution in [0.3, 0.4) is 0 Å². The van der Waals surface area contributed by atoms with Gasteiger partial charge in [0.05, 0.1) is 0 Å². The molecule has 7 nitrogen and oxygen atoms in total. The van der Waals surface area contributed by atoms with Crippen LogP contribution in [0.15, 0.2) is 0 Å². The molecule has 23 heavy (non-hydrogen) atoms. The molecule has 0 saturated heterocycles. The van der Waals surface area contributed by atoms with E-state index in [9.17, 15) is 0 Å². The van der Waals surface area contributed by atoms with Crippen LogP contribution in [0, 0.1) is 0 Å². The first-order valence-corrected chi connectivity index (χ1v) is 12.6. The fraction of sp³-hybridized carbons (Fsp3) is 1.00. The average Bonchev–Trinajstić information content (AvgIpc) is 2.49. The van der Waals surface area contributed by atoms with Crippen LogP contribution in [-0.4, -0.2) is 57.1 Å². The Kier molecular flexibility index (Phi) is 17.3. The summed E-state index contributed by atoms with van der Waals surface area (Å²) in [7, 11) is -4.64. The molecule has 0 rings (SSSR count). The molecular weight excluding hydrogens is 332 g/mol. The molecule has 0 atom stereocenters. The van der Waals surface area contributed by atoms with Crippen molar-refractivity contribution >= 4 is 17.5 Å². The summed E-state index contributed by atoms with van der Waals surface area (Å²) < 4.78 is 27.3. The summed E-state index contributed by atoms with van der Waals surface area (Å²) in [5.74, 6) is 0. The van der Waals surface area contributed by atoms with Gasteiger partial charge in [-0.05, 0) is 41.2 Å². The monoisotopic (exact) mass is 370 g/mol. The first-order valence-electron chi connectivity index (χ1n) is 8.61. The third-order valence-corrected chi connectivity index (χ3v) is 8.44. The molecule has 0 aliphatic heterocycles. The van der Waals surface area contributed by atoms with Crippen molar-refractivity contribution in [2.75, 3.05) is 39.6 Å². The Labute approximate surface area is 144 Å². The molecule has 0 bridgehead atoms. The number of hydrogen-bond acceptors (Lipinski definition) is 7. The van der Waals surface area contributed by atoms with E-state index < -0.39 is 17.5 Å². The van der Waals surface area contributed by atoms with Gasteiger partial charge in [-0.3, -0.25) is 0 Å². The molecule has 0 fully saturated rings. The Balaban J connectivity index is 0. The highest BCUT2D eigenvalue weighted by atomic mass is 28.4. The van der Waals surface area contributed by atoms with Crippen LogP contribution in [0.1, 0.15) is 41.5 Å². The summed E-state index contributed by atoms with van der Waals surface area (Å²) in [4.78, 5) is 0. The molecule has 0 amide bonds. The van der Waals surface area contributed by atoms with E-state index in [0.717, 1.165) is 6.04 Å². The Morgan fingerprint density at radius 1 is 0.652 bits per heavy atom. The minimum atomic E-state index is -2.42. The van der Waals surface area contributed by atoms with Crippen LogP contribution in [0.25, 0.3) is 0 Å². The summed E-state index contributed by atoms with van der Waals surface area (Å²) in [5.41, 5.74) is 5.50. The summed E-state index contributed by atoms with van der Waals surface area (Å²) in [5, 5.41) is 5.81. The number of rotatable bonds is 13. The molecule has 0 aromatic rings. The van der Waals surface area contributed by atoms with E-state index in [4.69, 9.17) is 33.3 Å². The molecule has 0 aliphatic carbocycles. The molecule has 0 spiro atoms. The third kappa shape index (κ3) is 12.2. The smallest absolute Gasteiger partial charge is 0.383 e. The summed E-state index contributed by atoms with van der Waals surface area (Å²) in [6.45, 7) is 15.4. The molecule has 0 aliphatic rings. The van der Waals surface area contributed by atoms with Crippen molar-refractivity contribution in [3.63, 3.8) is 0 Å². The number of nitrogens with two attached hydrogens (primary N) is 2. The predicted octanol–water partition coefficient (Wildman–Crippen LogP) is 1.97. The molecule has 0 aromatic heterocycles. The minimum Gasteiger partial charge on any atom is -0.383 e. The van der Waals surface area contributed by atoms with Crippen LogP contribution < -0.4 is 11.1 Å². The van der Waals surface area contributed by atoms with Crippen LogP contribution in [0.2, 0.25) is 12.1 Å². The van der Waals surface area contributed by atoms with Crippen LogP contribution in [0.4, 0.5) is 0 Å². The van der Waals surface area contributed by atoms with Crippen molar-refractivity contribution in [2.24, 2.45) is 11.1 Å². The largest absolute Gasteiger partial charge is 0.502 e. The summed E-state index contributed by atoms with van der Waals surface area (Å²) in [6, 6.07) is 1.51. The Morgan fingerprint density at radius 2 is 1.00 bits per heavy atom. The highest BCUT2D eigenvalue weighted by molar-refractivity contribution is 6.63. The first-order chi connectivity index (χ1) is 10.9. The Bertz CT molecular complexity index is 228. The maximum atomic E-state index is 5.81. The van der Waals surface area contributed by atoms with Gasteiger partial charge in [0.1, 0.15) is 0 Å². The van der Waals surface area contributed by atoms with Gasteiger partial charge >= 0.3 is 17.5 Å². The molecule has 9 heteroatoms. The molecule has 4 N–H and O–H groups in total. The zero-order chi connectivity index (χ0) is 18.2. The lowest BCUT2D eigenvalue weighted by Crippen LogP contribution is -2.51. The van der Waals surface area contributed by atoms with Gasteiger partial charge in [0.2, 0.25) is 0 Å². The maximum Gasteiger partial charge on any atom is 0.502 e. The average molecular weight is 371 g/mol. The topological polar surface area (TPSA) is 98.2 Å². The standard InChI is InChI=1S/C8H21NO3Si.C6H17NO2Si/c1-4-10-13(8-7-9,11-5-2)12-6-3;1-4-8-10(7,6-3)9-5-2/h4-9H2,1-3H3;4-7H2,1-3H3. The molecule has 142 valence electrons. The second-order valence-electron chi connectivity index (χ2n) is 4.55. The molecule has 0 heterocycles. The molecule has 0 radical (unpaired) electrons. The van der Waals surface area contributed by atoms with Crippen molar-refractivity contribution in [1.82, 2.24) is 0 Å². The van der Waals surface area contributed by atoms with Gasteiger partial charge in [-0.1, -0.05) is 6.92 Å². The molecular formula is C14H38N2O5Si2. The lowest BCUT2D eigenvalue weighted by atomic mass is 10.8. The maximum absolute atomic E-state index is 5.81. The quantitative estimate of drug-likeness (QED) is 0.478. The van der Waals surface area contributed by atoms with Crippen molar-refractivity contribution in [3.8, 4) is 0 Å². The van der Waals surface area contributed by atoms with Crippen LogP contribution in [0.5, 0.6) is 0 Å². The van der Waals surface area contributed by atoms with Gasteiger partial charge in [0, 0.05) is 45.1 Å². The Hall–Kier alpha value is 0.154. The predicted molar refractivity (Wildman–Crippen MR) is 98.2 cm³/mol. The van der Waals surface area contributed by atoms with Gasteiger partial charge in [-0.15, -0.1) is 0 Å². The van der Waals surface area contributed by atoms with Crippen molar-refractivity contribution in [1.29, 1.82) is 0 Å². The SMILES string of the molecule is CCO[Si](CCN)(OCC)OCC.CCO[Si](N)(CC)OCC. The summed E-state index contributed by atoms with van der Waals surface area (Å²) in [6.07, 6.45) is 0. The zero-order valence-electron chi connectivity index (χ0n) is 15.9. The Morgan fingerprint density at radius 3 is 1.22 bits per heavy atom. The van der Waals surface area contributed by atoms with E-state index in [1.54, 1.807) is 0 Å². The molecule has 0 saturated carbocycles. The second-order valence-corrected chi connectivity index (χ2v) is 10.2. The van der Waals surface area contributed by atoms with Crippen molar-refractivity contribution in [3.05, 3.63) is 0 Å².